The molecule has 0 aliphatic carbocycles. The van der Waals surface area contributed by atoms with Gasteiger partial charge in [0.25, 0.3) is 10.0 Å². The van der Waals surface area contributed by atoms with Crippen molar-refractivity contribution in [3.63, 3.8) is 0 Å². The maximum Gasteiger partial charge on any atom is 0.319 e. The van der Waals surface area contributed by atoms with Crippen LogP contribution in [0.4, 0.5) is 16.2 Å². The average molecular weight is 446 g/mol. The zero-order chi connectivity index (χ0) is 21.6. The van der Waals surface area contributed by atoms with Gasteiger partial charge in [-0.25, -0.2) is 13.2 Å². The fourth-order valence-corrected chi connectivity index (χ4v) is 3.85. The normalized spacial score (nSPS) is 11.0. The molecule has 0 saturated carbocycles. The molecule has 0 radical (unpaired) electrons. The summed E-state index contributed by atoms with van der Waals surface area (Å²) in [5.41, 5.74) is 7.89. The first-order chi connectivity index (χ1) is 14.4. The van der Waals surface area contributed by atoms with E-state index in [1.807, 2.05) is 6.07 Å². The smallest absolute Gasteiger partial charge is 0.319 e. The molecule has 3 rings (SSSR count). The Hall–Kier alpha value is -3.14. The minimum atomic E-state index is -3.86. The van der Waals surface area contributed by atoms with Crippen LogP contribution >= 0.6 is 11.6 Å². The molecule has 0 unspecified atom stereocenters. The number of halogens is 1. The van der Waals surface area contributed by atoms with Crippen molar-refractivity contribution < 1.29 is 13.2 Å². The number of carbonyl (C=O) groups excluding carboxylic acids is 1. The van der Waals surface area contributed by atoms with E-state index < -0.39 is 16.1 Å². The van der Waals surface area contributed by atoms with E-state index in [0.29, 0.717) is 12.2 Å². The molecule has 1 heterocycles. The van der Waals surface area contributed by atoms with Crippen molar-refractivity contribution in [1.29, 1.82) is 0 Å². The van der Waals surface area contributed by atoms with Crippen molar-refractivity contribution in [2.24, 2.45) is 5.73 Å². The van der Waals surface area contributed by atoms with E-state index >= 15 is 0 Å². The number of nitrogens with zero attached hydrogens (tertiary/aromatic N) is 1. The van der Waals surface area contributed by atoms with Crippen LogP contribution in [0.5, 0.6) is 0 Å². The van der Waals surface area contributed by atoms with Gasteiger partial charge in [0.1, 0.15) is 0 Å². The number of nitrogens with one attached hydrogen (secondary N) is 3. The third-order valence-corrected chi connectivity index (χ3v) is 5.82. The van der Waals surface area contributed by atoms with E-state index in [0.717, 1.165) is 11.1 Å². The number of sulfonamides is 1. The first-order valence-electron chi connectivity index (χ1n) is 8.92. The molecule has 1 aromatic heterocycles. The van der Waals surface area contributed by atoms with Crippen molar-refractivity contribution in [2.45, 2.75) is 18.0 Å². The molecule has 0 atom stereocenters. The Balaban J connectivity index is 1.63. The van der Waals surface area contributed by atoms with Crippen molar-refractivity contribution in [3.8, 4) is 0 Å². The van der Waals surface area contributed by atoms with Crippen LogP contribution in [0.25, 0.3) is 0 Å². The molecular formula is C20H20ClN5O3S. The Morgan fingerprint density at radius 1 is 1.07 bits per heavy atom. The van der Waals surface area contributed by atoms with E-state index in [2.05, 4.69) is 20.3 Å². The summed E-state index contributed by atoms with van der Waals surface area (Å²) in [6, 6.07) is 13.9. The summed E-state index contributed by atoms with van der Waals surface area (Å²) in [6.07, 6.45) is 3.30. The number of hydrogen-bond acceptors (Lipinski definition) is 5. The van der Waals surface area contributed by atoms with E-state index in [1.165, 1.54) is 24.3 Å². The molecule has 8 nitrogen and oxygen atoms in total. The highest BCUT2D eigenvalue weighted by molar-refractivity contribution is 7.92. The summed E-state index contributed by atoms with van der Waals surface area (Å²) in [6.45, 7) is 0.577. The molecule has 0 saturated heterocycles. The van der Waals surface area contributed by atoms with Crippen molar-refractivity contribution >= 4 is 39.0 Å². The second kappa shape index (κ2) is 9.57. The molecule has 10 heteroatoms. The molecule has 0 aliphatic rings. The van der Waals surface area contributed by atoms with Crippen LogP contribution < -0.4 is 21.1 Å². The lowest BCUT2D eigenvalue weighted by molar-refractivity contribution is 0.251. The summed E-state index contributed by atoms with van der Waals surface area (Å²) in [5.74, 6) is 0. The standard InChI is InChI=1S/C20H20ClN5O3S/c21-18-8-3-14(11-22)10-19(18)26-30(28,29)17-6-4-16(5-7-17)25-20(27)24-13-15-2-1-9-23-12-15/h1-10,12,26H,11,13,22H2,(H2,24,25,27). The molecule has 0 aliphatic heterocycles. The van der Waals surface area contributed by atoms with Crippen LogP contribution in [0, 0.1) is 0 Å². The van der Waals surface area contributed by atoms with Crippen molar-refractivity contribution in [2.75, 3.05) is 10.0 Å². The van der Waals surface area contributed by atoms with Crippen molar-refractivity contribution in [3.05, 3.63) is 83.1 Å². The predicted octanol–water partition coefficient (Wildman–Crippen LogP) is 3.32. The highest BCUT2D eigenvalue weighted by atomic mass is 35.5. The second-order valence-corrected chi connectivity index (χ2v) is 8.41. The number of pyridine rings is 1. The van der Waals surface area contributed by atoms with Gasteiger partial charge in [-0.05, 0) is 53.6 Å². The minimum absolute atomic E-state index is 0.0260. The van der Waals surface area contributed by atoms with Crippen LogP contribution in [0.15, 0.2) is 71.9 Å². The number of hydrogen-bond donors (Lipinski definition) is 4. The second-order valence-electron chi connectivity index (χ2n) is 6.32. The van der Waals surface area contributed by atoms with E-state index in [4.69, 9.17) is 17.3 Å². The van der Waals surface area contributed by atoms with Gasteiger partial charge in [-0.2, -0.15) is 0 Å². The SMILES string of the molecule is NCc1ccc(Cl)c(NS(=O)(=O)c2ccc(NC(=O)NCc3cccnc3)cc2)c1. The van der Waals surface area contributed by atoms with Gasteiger partial charge in [-0.3, -0.25) is 9.71 Å². The zero-order valence-corrected chi connectivity index (χ0v) is 17.4. The third-order valence-electron chi connectivity index (χ3n) is 4.11. The van der Waals surface area contributed by atoms with Gasteiger partial charge in [-0.1, -0.05) is 23.7 Å². The molecular weight excluding hydrogens is 426 g/mol. The number of rotatable bonds is 7. The monoisotopic (exact) mass is 445 g/mol. The molecule has 30 heavy (non-hydrogen) atoms. The Labute approximate surface area is 179 Å². The Morgan fingerprint density at radius 2 is 1.83 bits per heavy atom. The number of anilines is 2. The van der Waals surface area contributed by atoms with Gasteiger partial charge in [0.15, 0.2) is 0 Å². The number of carbonyl (C=O) groups is 1. The van der Waals surface area contributed by atoms with Crippen LogP contribution in [-0.4, -0.2) is 19.4 Å². The molecule has 0 spiro atoms. The summed E-state index contributed by atoms with van der Waals surface area (Å²) < 4.78 is 27.7. The van der Waals surface area contributed by atoms with Gasteiger partial charge < -0.3 is 16.4 Å². The van der Waals surface area contributed by atoms with Gasteiger partial charge in [0.2, 0.25) is 0 Å². The fourth-order valence-electron chi connectivity index (χ4n) is 2.56. The zero-order valence-electron chi connectivity index (χ0n) is 15.8. The van der Waals surface area contributed by atoms with E-state index in [-0.39, 0.29) is 22.2 Å². The number of benzene rings is 2. The van der Waals surface area contributed by atoms with Crippen LogP contribution in [0.1, 0.15) is 11.1 Å². The molecule has 2 aromatic carbocycles. The Kier molecular flexibility index (Phi) is 6.88. The molecule has 156 valence electrons. The minimum Gasteiger partial charge on any atom is -0.334 e. The molecule has 3 aromatic rings. The topological polar surface area (TPSA) is 126 Å². The fraction of sp³-hybridized carbons (Fsp3) is 0.100. The molecule has 0 fully saturated rings. The summed E-state index contributed by atoms with van der Waals surface area (Å²) in [5, 5.41) is 5.60. The average Bonchev–Trinajstić information content (AvgIpc) is 2.75. The number of aromatic nitrogens is 1. The first-order valence-corrected chi connectivity index (χ1v) is 10.8. The van der Waals surface area contributed by atoms with Gasteiger partial charge in [0, 0.05) is 31.2 Å². The van der Waals surface area contributed by atoms with Gasteiger partial charge in [-0.15, -0.1) is 0 Å². The lowest BCUT2D eigenvalue weighted by atomic mass is 10.2. The summed E-state index contributed by atoms with van der Waals surface area (Å²) in [4.78, 5) is 16.0. The quantitative estimate of drug-likeness (QED) is 0.443. The van der Waals surface area contributed by atoms with E-state index in [9.17, 15) is 13.2 Å². The highest BCUT2D eigenvalue weighted by Crippen LogP contribution is 2.26. The van der Waals surface area contributed by atoms with Crippen LogP contribution in [0.3, 0.4) is 0 Å². The number of urea groups is 1. The molecule has 2 amide bonds. The number of nitrogens with two attached hydrogens (primary N) is 1. The largest absolute Gasteiger partial charge is 0.334 e. The predicted molar refractivity (Wildman–Crippen MR) is 117 cm³/mol. The van der Waals surface area contributed by atoms with Crippen molar-refractivity contribution in [1.82, 2.24) is 10.3 Å². The van der Waals surface area contributed by atoms with Crippen LogP contribution in [0.2, 0.25) is 5.02 Å². The summed E-state index contributed by atoms with van der Waals surface area (Å²) >= 11 is 6.08. The number of amides is 2. The molecule has 5 N–H and O–H groups in total. The highest BCUT2D eigenvalue weighted by Gasteiger charge is 2.16. The van der Waals surface area contributed by atoms with Gasteiger partial charge >= 0.3 is 6.03 Å². The lowest BCUT2D eigenvalue weighted by Gasteiger charge is -2.12. The Morgan fingerprint density at radius 3 is 2.50 bits per heavy atom. The lowest BCUT2D eigenvalue weighted by Crippen LogP contribution is -2.28. The van der Waals surface area contributed by atoms with Crippen LogP contribution in [-0.2, 0) is 23.1 Å². The first kappa shape index (κ1) is 21.6. The molecule has 0 bridgehead atoms. The third kappa shape index (κ3) is 5.69. The Bertz CT molecular complexity index is 1120. The van der Waals surface area contributed by atoms with E-state index in [1.54, 1.807) is 36.7 Å². The summed E-state index contributed by atoms with van der Waals surface area (Å²) in [7, 11) is -3.86. The maximum atomic E-state index is 12.6. The van der Waals surface area contributed by atoms with Gasteiger partial charge in [0.05, 0.1) is 15.6 Å². The maximum absolute atomic E-state index is 12.6.